The van der Waals surface area contributed by atoms with Gasteiger partial charge in [-0.25, -0.2) is 8.78 Å². The van der Waals surface area contributed by atoms with Crippen LogP contribution in [0.1, 0.15) is 25.7 Å². The van der Waals surface area contributed by atoms with Crippen molar-refractivity contribution in [1.29, 1.82) is 0 Å². The van der Waals surface area contributed by atoms with E-state index in [9.17, 15) is 8.78 Å². The molecule has 0 amide bonds. The van der Waals surface area contributed by atoms with Crippen molar-refractivity contribution in [3.63, 3.8) is 0 Å². The lowest BCUT2D eigenvalue weighted by Gasteiger charge is -2.26. The monoisotopic (exact) mass is 393 g/mol. The number of hydrogen-bond acceptors (Lipinski definition) is 5. The van der Waals surface area contributed by atoms with E-state index in [1.54, 1.807) is 0 Å². The lowest BCUT2D eigenvalue weighted by Crippen LogP contribution is -2.27. The highest BCUT2D eigenvalue weighted by Gasteiger charge is 2.26. The molecule has 1 aromatic carbocycles. The van der Waals surface area contributed by atoms with Gasteiger partial charge in [-0.1, -0.05) is 24.4 Å². The molecule has 4 rings (SSSR count). The number of nitrogens with zero attached hydrogens (tertiary/aromatic N) is 5. The average Bonchev–Trinajstić information content (AvgIpc) is 2.95. The Hall–Kier alpha value is -2.48. The van der Waals surface area contributed by atoms with Gasteiger partial charge < -0.3 is 9.64 Å². The molecule has 0 atom stereocenters. The molecule has 3 aromatic rings. The van der Waals surface area contributed by atoms with Crippen molar-refractivity contribution in [2.45, 2.75) is 25.7 Å². The lowest BCUT2D eigenvalue weighted by atomic mass is 10.1. The summed E-state index contributed by atoms with van der Waals surface area (Å²) in [6.45, 7) is 1.53. The van der Waals surface area contributed by atoms with Gasteiger partial charge in [-0.3, -0.25) is 0 Å². The average molecular weight is 394 g/mol. The van der Waals surface area contributed by atoms with Gasteiger partial charge in [0.2, 0.25) is 0 Å². The van der Waals surface area contributed by atoms with Crippen LogP contribution in [-0.4, -0.2) is 39.8 Å². The van der Waals surface area contributed by atoms with Gasteiger partial charge in [-0.2, -0.15) is 19.6 Å². The lowest BCUT2D eigenvalue weighted by molar-refractivity contribution is 0.383. The topological polar surface area (TPSA) is 55.6 Å². The Bertz CT molecular complexity index is 986. The summed E-state index contributed by atoms with van der Waals surface area (Å²) in [7, 11) is 1.29. The number of anilines is 1. The fourth-order valence-corrected chi connectivity index (χ4v) is 3.75. The minimum Gasteiger partial charge on any atom is -0.494 e. The van der Waals surface area contributed by atoms with Crippen molar-refractivity contribution >= 4 is 23.2 Å². The zero-order valence-electron chi connectivity index (χ0n) is 14.8. The number of aromatic nitrogens is 4. The molecule has 0 bridgehead atoms. The summed E-state index contributed by atoms with van der Waals surface area (Å²) < 4.78 is 35.6. The molecule has 0 unspecified atom stereocenters. The zero-order valence-corrected chi connectivity index (χ0v) is 15.5. The predicted molar refractivity (Wildman–Crippen MR) is 98.4 cm³/mol. The van der Waals surface area contributed by atoms with E-state index >= 15 is 0 Å². The summed E-state index contributed by atoms with van der Waals surface area (Å²) >= 11 is 6.42. The summed E-state index contributed by atoms with van der Waals surface area (Å²) in [4.78, 5) is 10.4. The Morgan fingerprint density at radius 3 is 2.52 bits per heavy atom. The molecular formula is C18H18ClF2N5O. The Balaban J connectivity index is 1.98. The van der Waals surface area contributed by atoms with Crippen LogP contribution in [0.15, 0.2) is 18.5 Å². The summed E-state index contributed by atoms with van der Waals surface area (Å²) in [6, 6.07) is 2.10. The maximum absolute atomic E-state index is 14.8. The van der Waals surface area contributed by atoms with E-state index in [0.29, 0.717) is 17.2 Å². The molecule has 6 nitrogen and oxygen atoms in total. The van der Waals surface area contributed by atoms with Crippen molar-refractivity contribution in [3.8, 4) is 16.9 Å². The first-order valence-corrected chi connectivity index (χ1v) is 9.15. The Kier molecular flexibility index (Phi) is 4.82. The second-order valence-electron chi connectivity index (χ2n) is 6.44. The van der Waals surface area contributed by atoms with Crippen LogP contribution in [0.4, 0.5) is 14.6 Å². The number of rotatable bonds is 3. The molecule has 142 valence electrons. The number of ether oxygens (including phenoxy) is 1. The second kappa shape index (κ2) is 7.26. The van der Waals surface area contributed by atoms with Crippen LogP contribution in [0.25, 0.3) is 16.9 Å². The van der Waals surface area contributed by atoms with Crippen LogP contribution in [0.2, 0.25) is 5.15 Å². The van der Waals surface area contributed by atoms with Crippen molar-refractivity contribution < 1.29 is 13.5 Å². The standard InChI is InChI=1S/C18H18ClF2N5O/c1-27-14-9-12(20)11(8-13(14)21)15-16(19)24-18-22-10-23-26(18)17(15)25-6-4-2-3-5-7-25/h8-10H,2-7H2,1H3. The number of benzene rings is 1. The van der Waals surface area contributed by atoms with Gasteiger partial charge >= 0.3 is 0 Å². The van der Waals surface area contributed by atoms with Crippen molar-refractivity contribution in [2.75, 3.05) is 25.1 Å². The van der Waals surface area contributed by atoms with Gasteiger partial charge in [0.05, 0.1) is 12.7 Å². The summed E-state index contributed by atoms with van der Waals surface area (Å²) in [6.07, 6.45) is 5.60. The maximum atomic E-state index is 14.8. The summed E-state index contributed by atoms with van der Waals surface area (Å²) in [5.74, 6) is -0.596. The van der Waals surface area contributed by atoms with Crippen molar-refractivity contribution in [2.24, 2.45) is 0 Å². The molecule has 0 spiro atoms. The predicted octanol–water partition coefficient (Wildman–Crippen LogP) is 4.11. The smallest absolute Gasteiger partial charge is 0.255 e. The summed E-state index contributed by atoms with van der Waals surface area (Å²) in [5, 5.41) is 4.29. The van der Waals surface area contributed by atoms with E-state index in [2.05, 4.69) is 20.0 Å². The highest BCUT2D eigenvalue weighted by atomic mass is 35.5. The molecule has 0 N–H and O–H groups in total. The SMILES string of the molecule is COc1cc(F)c(-c2c(Cl)nc3ncnn3c2N2CCCCCC2)cc1F. The molecule has 27 heavy (non-hydrogen) atoms. The fourth-order valence-electron chi connectivity index (χ4n) is 3.49. The highest BCUT2D eigenvalue weighted by molar-refractivity contribution is 6.33. The number of hydrogen-bond donors (Lipinski definition) is 0. The molecule has 0 saturated carbocycles. The third-order valence-electron chi connectivity index (χ3n) is 4.77. The van der Waals surface area contributed by atoms with E-state index < -0.39 is 11.6 Å². The number of methoxy groups -OCH3 is 1. The number of fused-ring (bicyclic) bond motifs is 1. The van der Waals surface area contributed by atoms with E-state index in [4.69, 9.17) is 16.3 Å². The molecule has 1 fully saturated rings. The van der Waals surface area contributed by atoms with E-state index in [-0.39, 0.29) is 16.5 Å². The molecule has 9 heteroatoms. The summed E-state index contributed by atoms with van der Waals surface area (Å²) in [5.41, 5.74) is 0.318. The first kappa shape index (κ1) is 17.9. The Labute approximate surface area is 159 Å². The first-order chi connectivity index (χ1) is 13.1. The molecule has 1 aliphatic rings. The van der Waals surface area contributed by atoms with Crippen molar-refractivity contribution in [3.05, 3.63) is 35.2 Å². The maximum Gasteiger partial charge on any atom is 0.255 e. The quantitative estimate of drug-likeness (QED) is 0.627. The van der Waals surface area contributed by atoms with Gasteiger partial charge in [-0.15, -0.1) is 0 Å². The second-order valence-corrected chi connectivity index (χ2v) is 6.80. The molecule has 1 aliphatic heterocycles. The van der Waals surface area contributed by atoms with E-state index in [1.165, 1.54) is 18.0 Å². The van der Waals surface area contributed by atoms with Crippen molar-refractivity contribution in [1.82, 2.24) is 19.6 Å². The molecule has 1 saturated heterocycles. The molecule has 0 aliphatic carbocycles. The normalized spacial score (nSPS) is 15.2. The minimum absolute atomic E-state index is 0.0162. The highest BCUT2D eigenvalue weighted by Crippen LogP contribution is 2.40. The molecule has 2 aromatic heterocycles. The third kappa shape index (κ3) is 3.18. The zero-order chi connectivity index (χ0) is 19.0. The minimum atomic E-state index is -0.675. The van der Waals surface area contributed by atoms with Gasteiger partial charge in [0, 0.05) is 24.7 Å². The van der Waals surface area contributed by atoms with Crippen LogP contribution in [0.3, 0.4) is 0 Å². The number of halogens is 3. The Morgan fingerprint density at radius 2 is 1.81 bits per heavy atom. The van der Waals surface area contributed by atoms with Gasteiger partial charge in [0.1, 0.15) is 23.1 Å². The van der Waals surface area contributed by atoms with Gasteiger partial charge in [0.15, 0.2) is 11.6 Å². The third-order valence-corrected chi connectivity index (χ3v) is 5.05. The van der Waals surface area contributed by atoms with E-state index in [0.717, 1.165) is 50.9 Å². The van der Waals surface area contributed by atoms with E-state index in [1.807, 2.05) is 0 Å². The first-order valence-electron chi connectivity index (χ1n) is 8.77. The van der Waals surface area contributed by atoms with Crippen LogP contribution in [0, 0.1) is 11.6 Å². The van der Waals surface area contributed by atoms with Gasteiger partial charge in [-0.05, 0) is 18.9 Å². The Morgan fingerprint density at radius 1 is 1.07 bits per heavy atom. The molecule has 0 radical (unpaired) electrons. The van der Waals surface area contributed by atoms with Crippen LogP contribution >= 0.6 is 11.6 Å². The van der Waals surface area contributed by atoms with Crippen LogP contribution < -0.4 is 9.64 Å². The largest absolute Gasteiger partial charge is 0.494 e. The van der Waals surface area contributed by atoms with Crippen LogP contribution in [-0.2, 0) is 0 Å². The molecular weight excluding hydrogens is 376 g/mol. The fraction of sp³-hybridized carbons (Fsp3) is 0.389. The van der Waals surface area contributed by atoms with Crippen LogP contribution in [0.5, 0.6) is 5.75 Å². The molecule has 3 heterocycles. The van der Waals surface area contributed by atoms with Gasteiger partial charge in [0.25, 0.3) is 5.78 Å².